The fraction of sp³-hybridized carbons (Fsp3) is 0.864. The molecular weight excluding hydrogens is 507 g/mol. The third kappa shape index (κ3) is 7.02. The molecule has 4 heterocycles. The van der Waals surface area contributed by atoms with E-state index in [0.29, 0.717) is 12.2 Å². The molecule has 0 aliphatic carbocycles. The van der Waals surface area contributed by atoms with Gasteiger partial charge in [0.25, 0.3) is 0 Å². The van der Waals surface area contributed by atoms with Gasteiger partial charge in [0.1, 0.15) is 11.6 Å². The number of hydrogen-bond donors (Lipinski definition) is 1. The van der Waals surface area contributed by atoms with E-state index in [0.717, 1.165) is 89.1 Å². The Bertz CT molecular complexity index is 684. The predicted molar refractivity (Wildman–Crippen MR) is 132 cm³/mol. The number of aliphatic imine (C=N–C) groups is 1. The Kier molecular flexibility index (Phi) is 10.3. The van der Waals surface area contributed by atoms with Gasteiger partial charge in [0, 0.05) is 52.7 Å². The van der Waals surface area contributed by atoms with Crippen molar-refractivity contribution < 1.29 is 9.47 Å². The van der Waals surface area contributed by atoms with Crippen molar-refractivity contribution in [3.05, 3.63) is 11.6 Å². The Labute approximate surface area is 203 Å². The minimum absolute atomic E-state index is 0. The van der Waals surface area contributed by atoms with Crippen LogP contribution in [0.2, 0.25) is 0 Å². The summed E-state index contributed by atoms with van der Waals surface area (Å²) in [7, 11) is 1.87. The van der Waals surface area contributed by atoms with Crippen LogP contribution < -0.4 is 5.32 Å². The van der Waals surface area contributed by atoms with Crippen LogP contribution in [-0.2, 0) is 28.9 Å². The normalized spacial score (nSPS) is 23.1. The van der Waals surface area contributed by atoms with Gasteiger partial charge in [-0.25, -0.2) is 0 Å². The van der Waals surface area contributed by atoms with E-state index in [1.54, 1.807) is 0 Å². The van der Waals surface area contributed by atoms with E-state index in [9.17, 15) is 0 Å². The highest BCUT2D eigenvalue weighted by Gasteiger charge is 2.24. The topological polar surface area (TPSA) is 76.8 Å². The first-order valence-corrected chi connectivity index (χ1v) is 11.9. The van der Waals surface area contributed by atoms with E-state index < -0.39 is 0 Å². The Morgan fingerprint density at radius 1 is 1.10 bits per heavy atom. The number of fused-ring (bicyclic) bond motifs is 1. The zero-order valence-electron chi connectivity index (χ0n) is 18.9. The summed E-state index contributed by atoms with van der Waals surface area (Å²) in [5, 5.41) is 12.4. The second-order valence-electron chi connectivity index (χ2n) is 8.73. The molecule has 0 spiro atoms. The standard InChI is InChI=1S/C22H38N6O2.HI/c1-23-22(24-12-9-21-26-25-20-8-3-2-5-13-28(20)21)27-14-10-18(11-15-27)30-17-19-7-4-6-16-29-19;/h18-19H,2-17H2,1H3,(H,23,24);1H. The number of guanidine groups is 1. The third-order valence-corrected chi connectivity index (χ3v) is 6.56. The lowest BCUT2D eigenvalue weighted by molar-refractivity contribution is -0.0721. The quantitative estimate of drug-likeness (QED) is 0.336. The van der Waals surface area contributed by atoms with Crippen LogP contribution in [0.5, 0.6) is 0 Å². The molecule has 3 aliphatic heterocycles. The molecule has 1 atom stereocenters. The number of piperidine rings is 1. The number of rotatable bonds is 6. The van der Waals surface area contributed by atoms with Crippen molar-refractivity contribution >= 4 is 29.9 Å². The molecule has 1 aromatic rings. The summed E-state index contributed by atoms with van der Waals surface area (Å²) < 4.78 is 14.3. The summed E-state index contributed by atoms with van der Waals surface area (Å²) in [4.78, 5) is 6.85. The molecule has 0 amide bonds. The fourth-order valence-electron chi connectivity index (χ4n) is 4.77. The van der Waals surface area contributed by atoms with Crippen LogP contribution >= 0.6 is 24.0 Å². The number of aromatic nitrogens is 3. The number of hydrogen-bond acceptors (Lipinski definition) is 5. The van der Waals surface area contributed by atoms with Crippen molar-refractivity contribution in [2.24, 2.45) is 4.99 Å². The van der Waals surface area contributed by atoms with Crippen molar-refractivity contribution in [2.75, 3.05) is 39.9 Å². The van der Waals surface area contributed by atoms with Gasteiger partial charge in [-0.15, -0.1) is 34.2 Å². The molecule has 8 nitrogen and oxygen atoms in total. The number of aryl methyl sites for hydroxylation is 1. The number of ether oxygens (including phenoxy) is 2. The van der Waals surface area contributed by atoms with Crippen LogP contribution in [0, 0.1) is 0 Å². The first-order valence-electron chi connectivity index (χ1n) is 11.9. The molecule has 2 saturated heterocycles. The molecule has 9 heteroatoms. The maximum Gasteiger partial charge on any atom is 0.193 e. The molecule has 1 unspecified atom stereocenters. The van der Waals surface area contributed by atoms with Crippen molar-refractivity contribution in [2.45, 2.75) is 83.0 Å². The average Bonchev–Trinajstić information content (AvgIpc) is 3.02. The smallest absolute Gasteiger partial charge is 0.193 e. The predicted octanol–water partition coefficient (Wildman–Crippen LogP) is 2.79. The summed E-state index contributed by atoms with van der Waals surface area (Å²) in [6.07, 6.45) is 12.1. The van der Waals surface area contributed by atoms with Crippen LogP contribution in [0.25, 0.3) is 0 Å². The third-order valence-electron chi connectivity index (χ3n) is 6.56. The minimum atomic E-state index is 0. The lowest BCUT2D eigenvalue weighted by Crippen LogP contribution is -2.47. The van der Waals surface area contributed by atoms with Gasteiger partial charge >= 0.3 is 0 Å². The largest absolute Gasteiger partial charge is 0.376 e. The van der Waals surface area contributed by atoms with Crippen LogP contribution in [0.15, 0.2) is 4.99 Å². The summed E-state index contributed by atoms with van der Waals surface area (Å²) in [5.41, 5.74) is 0. The molecule has 4 rings (SSSR count). The lowest BCUT2D eigenvalue weighted by Gasteiger charge is -2.35. The second kappa shape index (κ2) is 12.9. The van der Waals surface area contributed by atoms with E-state index in [4.69, 9.17) is 9.47 Å². The Balaban J connectivity index is 0.00000272. The van der Waals surface area contributed by atoms with Gasteiger partial charge in [0.05, 0.1) is 18.8 Å². The van der Waals surface area contributed by atoms with Gasteiger partial charge in [-0.2, -0.15) is 0 Å². The van der Waals surface area contributed by atoms with Crippen LogP contribution in [0.1, 0.15) is 63.0 Å². The average molecular weight is 546 g/mol. The zero-order valence-corrected chi connectivity index (χ0v) is 21.3. The number of likely N-dealkylation sites (tertiary alicyclic amines) is 1. The van der Waals surface area contributed by atoms with Crippen LogP contribution in [-0.4, -0.2) is 77.7 Å². The number of halogens is 1. The van der Waals surface area contributed by atoms with Gasteiger partial charge in [0.15, 0.2) is 5.96 Å². The first kappa shape index (κ1) is 24.7. The summed E-state index contributed by atoms with van der Waals surface area (Å²) in [6, 6.07) is 0. The zero-order chi connectivity index (χ0) is 20.6. The highest BCUT2D eigenvalue weighted by molar-refractivity contribution is 14.0. The Morgan fingerprint density at radius 2 is 1.97 bits per heavy atom. The first-order chi connectivity index (χ1) is 14.8. The number of nitrogens with zero attached hydrogens (tertiary/aromatic N) is 5. The van der Waals surface area contributed by atoms with Crippen LogP contribution in [0.3, 0.4) is 0 Å². The van der Waals surface area contributed by atoms with E-state index >= 15 is 0 Å². The monoisotopic (exact) mass is 546 g/mol. The molecular formula is C22H39IN6O2. The number of nitrogens with one attached hydrogen (secondary N) is 1. The highest BCUT2D eigenvalue weighted by atomic mass is 127. The van der Waals surface area contributed by atoms with Gasteiger partial charge in [-0.05, 0) is 44.9 Å². The van der Waals surface area contributed by atoms with Gasteiger partial charge < -0.3 is 24.3 Å². The molecule has 1 N–H and O–H groups in total. The second-order valence-corrected chi connectivity index (χ2v) is 8.73. The highest BCUT2D eigenvalue weighted by Crippen LogP contribution is 2.18. The minimum Gasteiger partial charge on any atom is -0.376 e. The fourth-order valence-corrected chi connectivity index (χ4v) is 4.77. The van der Waals surface area contributed by atoms with Crippen LogP contribution in [0.4, 0.5) is 0 Å². The van der Waals surface area contributed by atoms with E-state index in [-0.39, 0.29) is 24.0 Å². The molecule has 0 radical (unpaired) electrons. The van der Waals surface area contributed by atoms with Gasteiger partial charge in [-0.3, -0.25) is 4.99 Å². The van der Waals surface area contributed by atoms with E-state index in [1.807, 2.05) is 7.05 Å². The summed E-state index contributed by atoms with van der Waals surface area (Å²) >= 11 is 0. The van der Waals surface area contributed by atoms with Crippen molar-refractivity contribution in [3.63, 3.8) is 0 Å². The molecule has 176 valence electrons. The van der Waals surface area contributed by atoms with Gasteiger partial charge in [0.2, 0.25) is 0 Å². The van der Waals surface area contributed by atoms with E-state index in [1.165, 1.54) is 32.1 Å². The molecule has 31 heavy (non-hydrogen) atoms. The van der Waals surface area contributed by atoms with Crippen molar-refractivity contribution in [1.29, 1.82) is 0 Å². The summed E-state index contributed by atoms with van der Waals surface area (Å²) in [5.74, 6) is 3.25. The molecule has 0 bridgehead atoms. The van der Waals surface area contributed by atoms with Crippen molar-refractivity contribution in [3.8, 4) is 0 Å². The lowest BCUT2D eigenvalue weighted by atomic mass is 10.1. The maximum absolute atomic E-state index is 6.15. The van der Waals surface area contributed by atoms with Gasteiger partial charge in [-0.1, -0.05) is 6.42 Å². The van der Waals surface area contributed by atoms with E-state index in [2.05, 4.69) is 30.0 Å². The molecule has 3 aliphatic rings. The molecule has 0 saturated carbocycles. The molecule has 2 fully saturated rings. The Morgan fingerprint density at radius 3 is 2.74 bits per heavy atom. The SMILES string of the molecule is CN=C(NCCc1nnc2n1CCCCC2)N1CCC(OCC2CCCCO2)CC1.I. The maximum atomic E-state index is 6.15. The molecule has 0 aromatic carbocycles. The van der Waals surface area contributed by atoms with Crippen molar-refractivity contribution in [1.82, 2.24) is 25.0 Å². The molecule has 1 aromatic heterocycles. The summed E-state index contributed by atoms with van der Waals surface area (Å²) in [6.45, 7) is 5.50. The Hall–Kier alpha value is -0.940.